The Labute approximate surface area is 124 Å². The molecule has 1 fully saturated rings. The minimum Gasteiger partial charge on any atom is -0.316 e. The van der Waals surface area contributed by atoms with Gasteiger partial charge >= 0.3 is 0 Å². The Kier molecular flexibility index (Phi) is 7.43. The van der Waals surface area contributed by atoms with Crippen molar-refractivity contribution < 1.29 is 8.42 Å². The van der Waals surface area contributed by atoms with E-state index >= 15 is 0 Å². The first-order chi connectivity index (χ1) is 9.30. The first-order valence-corrected chi connectivity index (χ1v) is 9.55. The molecule has 1 N–H and O–H groups in total. The Hall–Kier alpha value is -0.170. The molecule has 0 aromatic heterocycles. The largest absolute Gasteiger partial charge is 0.316 e. The van der Waals surface area contributed by atoms with Gasteiger partial charge in [-0.3, -0.25) is 4.90 Å². The summed E-state index contributed by atoms with van der Waals surface area (Å²) in [5, 5.41) is 3.46. The van der Waals surface area contributed by atoms with Crippen LogP contribution >= 0.6 is 0 Å². The fraction of sp³-hybridized carbons (Fsp3) is 1.00. The van der Waals surface area contributed by atoms with E-state index in [4.69, 9.17) is 0 Å². The number of sulfonamides is 1. The molecule has 20 heavy (non-hydrogen) atoms. The van der Waals surface area contributed by atoms with E-state index in [2.05, 4.69) is 31.0 Å². The van der Waals surface area contributed by atoms with Crippen LogP contribution in [-0.2, 0) is 10.0 Å². The van der Waals surface area contributed by atoms with Gasteiger partial charge in [-0.2, -0.15) is 4.31 Å². The maximum atomic E-state index is 11.5. The SMILES string of the molecule is CC(C)CNCCCC(C)N1CCN(S(C)(=O)=O)CC1. The molecule has 1 rings (SSSR count). The lowest BCUT2D eigenvalue weighted by Crippen LogP contribution is -2.51. The Morgan fingerprint density at radius 3 is 2.20 bits per heavy atom. The third-order valence-corrected chi connectivity index (χ3v) is 5.20. The monoisotopic (exact) mass is 305 g/mol. The minimum absolute atomic E-state index is 0.539. The van der Waals surface area contributed by atoms with E-state index in [0.717, 1.165) is 26.2 Å². The summed E-state index contributed by atoms with van der Waals surface area (Å²) in [6.45, 7) is 11.8. The number of piperazine rings is 1. The van der Waals surface area contributed by atoms with Crippen molar-refractivity contribution in [2.45, 2.75) is 39.7 Å². The lowest BCUT2D eigenvalue weighted by molar-refractivity contribution is 0.139. The topological polar surface area (TPSA) is 52.6 Å². The van der Waals surface area contributed by atoms with Gasteiger partial charge in [-0.15, -0.1) is 0 Å². The Balaban J connectivity index is 2.18. The summed E-state index contributed by atoms with van der Waals surface area (Å²) < 4.78 is 24.5. The summed E-state index contributed by atoms with van der Waals surface area (Å²) in [6.07, 6.45) is 3.65. The summed E-state index contributed by atoms with van der Waals surface area (Å²) >= 11 is 0. The molecule has 0 aliphatic carbocycles. The summed E-state index contributed by atoms with van der Waals surface area (Å²) in [4.78, 5) is 2.41. The third kappa shape index (κ3) is 6.52. The molecule has 5 nitrogen and oxygen atoms in total. The summed E-state index contributed by atoms with van der Waals surface area (Å²) in [6, 6.07) is 0.539. The van der Waals surface area contributed by atoms with E-state index in [1.807, 2.05) is 0 Å². The van der Waals surface area contributed by atoms with E-state index in [0.29, 0.717) is 25.0 Å². The molecule has 1 unspecified atom stereocenters. The van der Waals surface area contributed by atoms with Crippen LogP contribution in [0.2, 0.25) is 0 Å². The van der Waals surface area contributed by atoms with Crippen LogP contribution in [0.25, 0.3) is 0 Å². The highest BCUT2D eigenvalue weighted by Crippen LogP contribution is 2.12. The van der Waals surface area contributed by atoms with Crippen molar-refractivity contribution in [2.75, 3.05) is 45.5 Å². The van der Waals surface area contributed by atoms with Crippen molar-refractivity contribution in [1.82, 2.24) is 14.5 Å². The van der Waals surface area contributed by atoms with Crippen LogP contribution in [0, 0.1) is 5.92 Å². The second kappa shape index (κ2) is 8.32. The summed E-state index contributed by atoms with van der Waals surface area (Å²) in [5.74, 6) is 0.705. The second-order valence-corrected chi connectivity index (χ2v) is 8.27. The van der Waals surface area contributed by atoms with Crippen molar-refractivity contribution in [3.05, 3.63) is 0 Å². The van der Waals surface area contributed by atoms with Crippen LogP contribution in [0.5, 0.6) is 0 Å². The van der Waals surface area contributed by atoms with Crippen molar-refractivity contribution in [3.63, 3.8) is 0 Å². The fourth-order valence-electron chi connectivity index (χ4n) is 2.57. The molecule has 0 bridgehead atoms. The molecule has 0 amide bonds. The number of hydrogen-bond donors (Lipinski definition) is 1. The first-order valence-electron chi connectivity index (χ1n) is 7.70. The lowest BCUT2D eigenvalue weighted by Gasteiger charge is -2.37. The predicted octanol–water partition coefficient (Wildman–Crippen LogP) is 0.978. The highest BCUT2D eigenvalue weighted by atomic mass is 32.2. The van der Waals surface area contributed by atoms with Gasteiger partial charge in [0.15, 0.2) is 0 Å². The summed E-state index contributed by atoms with van der Waals surface area (Å²) in [7, 11) is -3.01. The van der Waals surface area contributed by atoms with Crippen LogP contribution in [0.15, 0.2) is 0 Å². The van der Waals surface area contributed by atoms with Gasteiger partial charge in [0.05, 0.1) is 6.26 Å². The predicted molar refractivity (Wildman–Crippen MR) is 84.4 cm³/mol. The zero-order chi connectivity index (χ0) is 15.2. The van der Waals surface area contributed by atoms with Crippen molar-refractivity contribution >= 4 is 10.0 Å². The lowest BCUT2D eigenvalue weighted by atomic mass is 10.1. The molecule has 0 aromatic rings. The Morgan fingerprint density at radius 1 is 1.10 bits per heavy atom. The molecule has 0 saturated carbocycles. The molecule has 1 atom stereocenters. The van der Waals surface area contributed by atoms with Gasteiger partial charge in [0, 0.05) is 32.2 Å². The number of rotatable bonds is 8. The fourth-order valence-corrected chi connectivity index (χ4v) is 3.40. The molecule has 1 aliphatic rings. The number of nitrogens with one attached hydrogen (secondary N) is 1. The van der Waals surface area contributed by atoms with Crippen LogP contribution in [-0.4, -0.2) is 69.2 Å². The average Bonchev–Trinajstić information content (AvgIpc) is 2.37. The molecular formula is C14H31N3O2S. The van der Waals surface area contributed by atoms with Crippen LogP contribution in [0.3, 0.4) is 0 Å². The van der Waals surface area contributed by atoms with E-state index in [-0.39, 0.29) is 0 Å². The first kappa shape index (κ1) is 17.9. The molecule has 0 spiro atoms. The maximum Gasteiger partial charge on any atom is 0.211 e. The van der Waals surface area contributed by atoms with Crippen LogP contribution < -0.4 is 5.32 Å². The van der Waals surface area contributed by atoms with Crippen molar-refractivity contribution in [3.8, 4) is 0 Å². The number of hydrogen-bond acceptors (Lipinski definition) is 4. The van der Waals surface area contributed by atoms with Gasteiger partial charge in [-0.1, -0.05) is 13.8 Å². The molecule has 6 heteroatoms. The minimum atomic E-state index is -3.01. The van der Waals surface area contributed by atoms with Gasteiger partial charge in [0.25, 0.3) is 0 Å². The molecule has 0 aromatic carbocycles. The van der Waals surface area contributed by atoms with Gasteiger partial charge in [0.2, 0.25) is 10.0 Å². The number of nitrogens with zero attached hydrogens (tertiary/aromatic N) is 2. The Bertz CT molecular complexity index is 363. The van der Waals surface area contributed by atoms with Crippen molar-refractivity contribution in [1.29, 1.82) is 0 Å². The average molecular weight is 305 g/mol. The van der Waals surface area contributed by atoms with Crippen LogP contribution in [0.4, 0.5) is 0 Å². The van der Waals surface area contributed by atoms with E-state index in [1.54, 1.807) is 4.31 Å². The highest BCUT2D eigenvalue weighted by Gasteiger charge is 2.25. The normalized spacial score (nSPS) is 20.4. The molecule has 1 aliphatic heterocycles. The molecule has 0 radical (unpaired) electrons. The van der Waals surface area contributed by atoms with Crippen molar-refractivity contribution in [2.24, 2.45) is 5.92 Å². The van der Waals surface area contributed by atoms with Gasteiger partial charge in [-0.25, -0.2) is 8.42 Å². The molecular weight excluding hydrogens is 274 g/mol. The Morgan fingerprint density at radius 2 is 1.70 bits per heavy atom. The van der Waals surface area contributed by atoms with Gasteiger partial charge < -0.3 is 5.32 Å². The van der Waals surface area contributed by atoms with E-state index in [1.165, 1.54) is 19.1 Å². The van der Waals surface area contributed by atoms with Gasteiger partial charge in [-0.05, 0) is 38.8 Å². The quantitative estimate of drug-likeness (QED) is 0.679. The zero-order valence-electron chi connectivity index (χ0n) is 13.4. The smallest absolute Gasteiger partial charge is 0.211 e. The van der Waals surface area contributed by atoms with E-state index < -0.39 is 10.0 Å². The second-order valence-electron chi connectivity index (χ2n) is 6.29. The standard InChI is InChI=1S/C14H31N3O2S/c1-13(2)12-15-7-5-6-14(3)16-8-10-17(11-9-16)20(4,18)19/h13-15H,5-12H2,1-4H3. The molecule has 1 heterocycles. The highest BCUT2D eigenvalue weighted by molar-refractivity contribution is 7.88. The molecule has 1 saturated heterocycles. The van der Waals surface area contributed by atoms with E-state index in [9.17, 15) is 8.42 Å². The van der Waals surface area contributed by atoms with Gasteiger partial charge in [0.1, 0.15) is 0 Å². The van der Waals surface area contributed by atoms with Crippen LogP contribution in [0.1, 0.15) is 33.6 Å². The third-order valence-electron chi connectivity index (χ3n) is 3.89. The summed E-state index contributed by atoms with van der Waals surface area (Å²) in [5.41, 5.74) is 0. The zero-order valence-corrected chi connectivity index (χ0v) is 14.2. The maximum absolute atomic E-state index is 11.5. The molecule has 120 valence electrons.